The van der Waals surface area contributed by atoms with E-state index in [9.17, 15) is 0 Å². The van der Waals surface area contributed by atoms with Crippen molar-refractivity contribution in [3.8, 4) is 0 Å². The third-order valence-electron chi connectivity index (χ3n) is 1.75. The Balaban J connectivity index is 2.54. The molecule has 0 fully saturated rings. The summed E-state index contributed by atoms with van der Waals surface area (Å²) in [7, 11) is 0. The fourth-order valence-electron chi connectivity index (χ4n) is 1.29. The van der Waals surface area contributed by atoms with Crippen LogP contribution in [0.4, 0.5) is 5.69 Å². The van der Waals surface area contributed by atoms with Crippen LogP contribution in [-0.2, 0) is 6.42 Å². The van der Waals surface area contributed by atoms with Crippen LogP contribution in [0, 0.1) is 0 Å². The van der Waals surface area contributed by atoms with Gasteiger partial charge in [-0.3, -0.25) is 0 Å². The quantitative estimate of drug-likeness (QED) is 0.508. The normalized spacial score (nSPS) is 14.7. The molecule has 1 heterocycles. The van der Waals surface area contributed by atoms with Crippen molar-refractivity contribution < 1.29 is 0 Å². The van der Waals surface area contributed by atoms with E-state index in [1.165, 1.54) is 11.3 Å². The minimum atomic E-state index is 1.04. The maximum Gasteiger partial charge on any atom is 0.280 e. The van der Waals surface area contributed by atoms with E-state index < -0.39 is 0 Å². The van der Waals surface area contributed by atoms with E-state index in [1.807, 2.05) is 6.07 Å². The van der Waals surface area contributed by atoms with Crippen LogP contribution in [0.15, 0.2) is 24.3 Å². The number of hydrogen-bond donors (Lipinski definition) is 0. The monoisotopic (exact) mass is 131 g/mol. The summed E-state index contributed by atoms with van der Waals surface area (Å²) in [6, 6.07) is 8.29. The van der Waals surface area contributed by atoms with Gasteiger partial charge in [0.2, 0.25) is 5.71 Å². The molecule has 1 aromatic carbocycles. The summed E-state index contributed by atoms with van der Waals surface area (Å²) in [5.41, 5.74) is 3.74. The minimum Gasteiger partial charge on any atom is -0.0615 e. The molecular weight excluding hydrogens is 122 g/mol. The fraction of sp³-hybridized carbons (Fsp3) is 0.222. The highest BCUT2D eigenvalue weighted by molar-refractivity contribution is 5.90. The highest BCUT2D eigenvalue weighted by Gasteiger charge is 2.21. The molecule has 10 heavy (non-hydrogen) atoms. The van der Waals surface area contributed by atoms with Crippen molar-refractivity contribution in [2.75, 3.05) is 0 Å². The molecule has 49 valence electrons. The Morgan fingerprint density at radius 2 is 2.10 bits per heavy atom. The van der Waals surface area contributed by atoms with Crippen LogP contribution in [0.3, 0.4) is 0 Å². The maximum atomic E-state index is 4.37. The Morgan fingerprint density at radius 3 is 2.90 bits per heavy atom. The largest absolute Gasteiger partial charge is 0.280 e. The van der Waals surface area contributed by atoms with Crippen LogP contribution < -0.4 is 4.99 Å². The Hall–Kier alpha value is -1.11. The molecule has 0 saturated carbocycles. The van der Waals surface area contributed by atoms with Crippen molar-refractivity contribution in [3.05, 3.63) is 29.8 Å². The lowest BCUT2D eigenvalue weighted by molar-refractivity contribution is 1.38. The molecule has 0 atom stereocenters. The van der Waals surface area contributed by atoms with Crippen molar-refractivity contribution in [3.63, 3.8) is 0 Å². The van der Waals surface area contributed by atoms with Gasteiger partial charge in [0.1, 0.15) is 0 Å². The lowest BCUT2D eigenvalue weighted by Gasteiger charge is -1.83. The van der Waals surface area contributed by atoms with Gasteiger partial charge in [-0.15, -0.1) is 0 Å². The number of nitrogens with zero attached hydrogens (tertiary/aromatic N) is 1. The first-order valence-corrected chi connectivity index (χ1v) is 3.48. The van der Waals surface area contributed by atoms with Crippen molar-refractivity contribution >= 4 is 11.4 Å². The molecule has 0 N–H and O–H groups in total. The molecule has 1 aromatic rings. The first kappa shape index (κ1) is 5.66. The van der Waals surface area contributed by atoms with E-state index in [4.69, 9.17) is 0 Å². The van der Waals surface area contributed by atoms with E-state index in [0.717, 1.165) is 12.1 Å². The lowest BCUT2D eigenvalue weighted by atomic mass is 10.1. The third kappa shape index (κ3) is 0.747. The van der Waals surface area contributed by atoms with E-state index in [-0.39, 0.29) is 0 Å². The standard InChI is InChI=1S/C9H9N/c1-7-6-8-4-2-3-5-9(8)10-7/h2-5H,6H2,1H3/q+1. The van der Waals surface area contributed by atoms with Gasteiger partial charge >= 0.3 is 0 Å². The SMILES string of the molecule is CC1=[N+]c2ccccc2C1. The molecule has 0 aromatic heterocycles. The van der Waals surface area contributed by atoms with Crippen LogP contribution in [0.5, 0.6) is 0 Å². The van der Waals surface area contributed by atoms with Crippen LogP contribution in [0.25, 0.3) is 0 Å². The number of para-hydroxylation sites is 1. The van der Waals surface area contributed by atoms with Gasteiger partial charge < -0.3 is 0 Å². The van der Waals surface area contributed by atoms with Crippen LogP contribution >= 0.6 is 0 Å². The van der Waals surface area contributed by atoms with Crippen molar-refractivity contribution in [1.82, 2.24) is 4.99 Å². The zero-order valence-electron chi connectivity index (χ0n) is 5.96. The summed E-state index contributed by atoms with van der Waals surface area (Å²) in [5.74, 6) is 0. The van der Waals surface area contributed by atoms with Crippen LogP contribution in [0.2, 0.25) is 0 Å². The minimum absolute atomic E-state index is 1.04. The van der Waals surface area contributed by atoms with E-state index >= 15 is 0 Å². The molecule has 1 radical (unpaired) electrons. The van der Waals surface area contributed by atoms with E-state index in [0.29, 0.717) is 0 Å². The van der Waals surface area contributed by atoms with Gasteiger partial charge in [0.25, 0.3) is 5.69 Å². The van der Waals surface area contributed by atoms with Gasteiger partial charge in [0, 0.05) is 18.6 Å². The summed E-state index contributed by atoms with van der Waals surface area (Å²) in [6.07, 6.45) is 1.04. The van der Waals surface area contributed by atoms with Gasteiger partial charge in [0.05, 0.1) is 11.4 Å². The highest BCUT2D eigenvalue weighted by Crippen LogP contribution is 2.18. The molecule has 0 bridgehead atoms. The number of aliphatic imine (C=N–C) groups is 1. The second-order valence-corrected chi connectivity index (χ2v) is 2.65. The summed E-state index contributed by atoms with van der Waals surface area (Å²) in [6.45, 7) is 2.07. The molecule has 0 saturated heterocycles. The Morgan fingerprint density at radius 1 is 1.30 bits per heavy atom. The topological polar surface area (TPSA) is 14.1 Å². The number of rotatable bonds is 0. The van der Waals surface area contributed by atoms with Crippen molar-refractivity contribution in [2.45, 2.75) is 13.3 Å². The van der Waals surface area contributed by atoms with Gasteiger partial charge in [0.15, 0.2) is 0 Å². The summed E-state index contributed by atoms with van der Waals surface area (Å²) < 4.78 is 0. The molecule has 1 nitrogen and oxygen atoms in total. The second-order valence-electron chi connectivity index (χ2n) is 2.65. The zero-order chi connectivity index (χ0) is 6.97. The lowest BCUT2D eigenvalue weighted by Crippen LogP contribution is -1.92. The van der Waals surface area contributed by atoms with Crippen LogP contribution in [-0.4, -0.2) is 5.71 Å². The molecular formula is C9H9N+. The molecule has 0 unspecified atom stereocenters. The predicted octanol–water partition coefficient (Wildman–Crippen LogP) is 1.67. The first-order valence-electron chi connectivity index (χ1n) is 3.48. The molecule has 0 amide bonds. The molecule has 1 aliphatic rings. The van der Waals surface area contributed by atoms with Crippen molar-refractivity contribution in [1.29, 1.82) is 0 Å². The predicted molar refractivity (Wildman–Crippen MR) is 42.6 cm³/mol. The molecule has 2 rings (SSSR count). The average Bonchev–Trinajstić information content (AvgIpc) is 2.27. The van der Waals surface area contributed by atoms with Gasteiger partial charge in [-0.2, -0.15) is 0 Å². The Bertz CT molecular complexity index is 287. The first-order chi connectivity index (χ1) is 4.86. The van der Waals surface area contributed by atoms with Gasteiger partial charge in [-0.1, -0.05) is 18.2 Å². The smallest absolute Gasteiger partial charge is 0.0615 e. The number of fused-ring (bicyclic) bond motifs is 1. The maximum absolute atomic E-state index is 4.37. The molecule has 1 aliphatic heterocycles. The van der Waals surface area contributed by atoms with Crippen LogP contribution in [0.1, 0.15) is 12.5 Å². The Kier molecular flexibility index (Phi) is 1.10. The Labute approximate surface area is 60.4 Å². The van der Waals surface area contributed by atoms with E-state index in [1.54, 1.807) is 0 Å². The summed E-state index contributed by atoms with van der Waals surface area (Å²) in [5, 5.41) is 0. The van der Waals surface area contributed by atoms with Gasteiger partial charge in [-0.05, 0) is 0 Å². The van der Waals surface area contributed by atoms with Gasteiger partial charge in [-0.25, -0.2) is 0 Å². The second kappa shape index (κ2) is 1.94. The average molecular weight is 131 g/mol. The summed E-state index contributed by atoms with van der Waals surface area (Å²) in [4.78, 5) is 4.37. The molecule has 0 spiro atoms. The summed E-state index contributed by atoms with van der Waals surface area (Å²) >= 11 is 0. The number of hydrogen-bond acceptors (Lipinski definition) is 1. The third-order valence-corrected chi connectivity index (χ3v) is 1.75. The number of benzene rings is 1. The fourth-order valence-corrected chi connectivity index (χ4v) is 1.29. The molecule has 1 heteroatoms. The molecule has 0 aliphatic carbocycles. The van der Waals surface area contributed by atoms with E-state index in [2.05, 4.69) is 30.1 Å². The highest BCUT2D eigenvalue weighted by atomic mass is 14.8. The van der Waals surface area contributed by atoms with Crippen molar-refractivity contribution in [2.24, 2.45) is 0 Å². The zero-order valence-corrected chi connectivity index (χ0v) is 5.96.